The molecule has 0 aliphatic carbocycles. The Labute approximate surface area is 301 Å². The molecular formula is C46H27N3S2. The second-order valence-electron chi connectivity index (χ2n) is 13.0. The molecule has 4 aromatic heterocycles. The number of nitrogens with zero attached hydrogens (tertiary/aromatic N) is 3. The predicted octanol–water partition coefficient (Wildman–Crippen LogP) is 13.3. The first kappa shape index (κ1) is 28.7. The van der Waals surface area contributed by atoms with Crippen molar-refractivity contribution in [3.8, 4) is 39.5 Å². The van der Waals surface area contributed by atoms with E-state index in [0.29, 0.717) is 5.95 Å². The second-order valence-corrected chi connectivity index (χ2v) is 15.1. The van der Waals surface area contributed by atoms with Gasteiger partial charge in [-0.05, 0) is 64.7 Å². The Balaban J connectivity index is 1.04. The molecule has 0 radical (unpaired) electrons. The van der Waals surface area contributed by atoms with Crippen LogP contribution in [0.25, 0.3) is 102 Å². The Morgan fingerprint density at radius 2 is 0.980 bits per heavy atom. The van der Waals surface area contributed by atoms with E-state index in [-0.39, 0.29) is 0 Å². The lowest BCUT2D eigenvalue weighted by Crippen LogP contribution is -2.01. The van der Waals surface area contributed by atoms with Crippen LogP contribution in [0.2, 0.25) is 0 Å². The molecule has 0 saturated carbocycles. The lowest BCUT2D eigenvalue weighted by molar-refractivity contribution is 0.992. The molecule has 3 nitrogen and oxygen atoms in total. The molecule has 0 aliphatic rings. The molecule has 0 aliphatic heterocycles. The van der Waals surface area contributed by atoms with Crippen molar-refractivity contribution in [1.29, 1.82) is 0 Å². The molecule has 0 N–H and O–H groups in total. The molecule has 0 spiro atoms. The van der Waals surface area contributed by atoms with Crippen LogP contribution in [0.1, 0.15) is 0 Å². The third kappa shape index (κ3) is 4.42. The van der Waals surface area contributed by atoms with Crippen molar-refractivity contribution in [1.82, 2.24) is 14.5 Å². The molecule has 0 bridgehead atoms. The number of benzene rings is 7. The van der Waals surface area contributed by atoms with Crippen molar-refractivity contribution in [3.63, 3.8) is 0 Å². The zero-order valence-electron chi connectivity index (χ0n) is 27.2. The molecule has 0 saturated heterocycles. The maximum absolute atomic E-state index is 5.22. The van der Waals surface area contributed by atoms with Gasteiger partial charge in [0.05, 0.1) is 16.7 Å². The molecule has 0 unspecified atom stereocenters. The average Bonchev–Trinajstić information content (AvgIpc) is 3.87. The number of rotatable bonds is 4. The summed E-state index contributed by atoms with van der Waals surface area (Å²) in [7, 11) is 0. The molecule has 0 amide bonds. The molecule has 0 fully saturated rings. The van der Waals surface area contributed by atoms with Crippen molar-refractivity contribution in [3.05, 3.63) is 164 Å². The van der Waals surface area contributed by atoms with Gasteiger partial charge in [0, 0.05) is 62.9 Å². The zero-order chi connectivity index (χ0) is 33.5. The van der Waals surface area contributed by atoms with Crippen LogP contribution in [-0.2, 0) is 0 Å². The molecule has 11 aromatic rings. The maximum atomic E-state index is 5.22. The molecule has 5 heteroatoms. The second kappa shape index (κ2) is 11.2. The van der Waals surface area contributed by atoms with E-state index >= 15 is 0 Å². The lowest BCUT2D eigenvalue weighted by atomic mass is 10.00. The first-order valence-corrected chi connectivity index (χ1v) is 18.7. The standard InChI is InChI=1S/C46H27N3S2/c1-4-19-40-33(12-1)38-27-29(32-16-9-18-37-35-14-3-6-21-43(35)51-45(32)37)22-23-41(38)49(40)46-47-25-24-39(48-46)30-11-7-10-28(26-30)31-15-8-17-36-34-13-2-5-20-42(34)50-44(31)36/h1-27H. The largest absolute Gasteiger partial charge is 0.278 e. The van der Waals surface area contributed by atoms with Gasteiger partial charge in [0.25, 0.3) is 0 Å². The highest BCUT2D eigenvalue weighted by Gasteiger charge is 2.18. The zero-order valence-corrected chi connectivity index (χ0v) is 28.9. The van der Waals surface area contributed by atoms with Gasteiger partial charge >= 0.3 is 0 Å². The summed E-state index contributed by atoms with van der Waals surface area (Å²) >= 11 is 3.73. The maximum Gasteiger partial charge on any atom is 0.235 e. The normalized spacial score (nSPS) is 11.9. The fourth-order valence-corrected chi connectivity index (χ4v) is 10.2. The van der Waals surface area contributed by atoms with Crippen LogP contribution in [-0.4, -0.2) is 14.5 Å². The molecule has 11 rings (SSSR count). The van der Waals surface area contributed by atoms with Crippen LogP contribution in [0.5, 0.6) is 0 Å². The van der Waals surface area contributed by atoms with E-state index in [4.69, 9.17) is 9.97 Å². The first-order valence-electron chi connectivity index (χ1n) is 17.1. The lowest BCUT2D eigenvalue weighted by Gasteiger charge is -2.10. The topological polar surface area (TPSA) is 30.7 Å². The number of para-hydroxylation sites is 1. The van der Waals surface area contributed by atoms with Crippen LogP contribution < -0.4 is 0 Å². The fraction of sp³-hybridized carbons (Fsp3) is 0. The third-order valence-corrected chi connectivity index (χ3v) is 12.5. The van der Waals surface area contributed by atoms with Crippen molar-refractivity contribution < 1.29 is 0 Å². The average molecular weight is 686 g/mol. The monoisotopic (exact) mass is 685 g/mol. The van der Waals surface area contributed by atoms with Crippen molar-refractivity contribution in [2.75, 3.05) is 0 Å². The van der Waals surface area contributed by atoms with Crippen molar-refractivity contribution in [2.45, 2.75) is 0 Å². The van der Waals surface area contributed by atoms with Crippen LogP contribution in [0.3, 0.4) is 0 Å². The van der Waals surface area contributed by atoms with E-state index < -0.39 is 0 Å². The minimum Gasteiger partial charge on any atom is -0.278 e. The van der Waals surface area contributed by atoms with Crippen LogP contribution in [0.15, 0.2) is 164 Å². The number of hydrogen-bond acceptors (Lipinski definition) is 4. The van der Waals surface area contributed by atoms with Gasteiger partial charge in [-0.3, -0.25) is 4.57 Å². The van der Waals surface area contributed by atoms with Crippen molar-refractivity contribution >= 4 is 84.8 Å². The van der Waals surface area contributed by atoms with E-state index in [1.54, 1.807) is 0 Å². The van der Waals surface area contributed by atoms with Gasteiger partial charge in [0.2, 0.25) is 5.95 Å². The highest BCUT2D eigenvalue weighted by atomic mass is 32.1. The number of thiophene rings is 2. The number of fused-ring (bicyclic) bond motifs is 9. The van der Waals surface area contributed by atoms with E-state index in [1.807, 2.05) is 34.9 Å². The van der Waals surface area contributed by atoms with Gasteiger partial charge in [0.15, 0.2) is 0 Å². The summed E-state index contributed by atoms with van der Waals surface area (Å²) in [5.74, 6) is 0.662. The minimum absolute atomic E-state index is 0.662. The molecule has 7 aromatic carbocycles. The first-order chi connectivity index (χ1) is 25.3. The SMILES string of the molecule is c1cc(-c2ccnc(-n3c4ccccc4c4cc(-c5cccc6c5sc5ccccc56)ccc43)n2)cc(-c2cccc3c2sc2ccccc23)c1. The summed E-state index contributed by atoms with van der Waals surface area (Å²) in [5.41, 5.74) is 9.04. The Hall–Kier alpha value is -6.14. The minimum atomic E-state index is 0.662. The van der Waals surface area contributed by atoms with Gasteiger partial charge in [0.1, 0.15) is 0 Å². The van der Waals surface area contributed by atoms with Gasteiger partial charge < -0.3 is 0 Å². The van der Waals surface area contributed by atoms with Gasteiger partial charge in [-0.25, -0.2) is 9.97 Å². The Morgan fingerprint density at radius 1 is 0.412 bits per heavy atom. The highest BCUT2D eigenvalue weighted by molar-refractivity contribution is 7.26. The number of hydrogen-bond donors (Lipinski definition) is 0. The van der Waals surface area contributed by atoms with Gasteiger partial charge in [-0.2, -0.15) is 0 Å². The number of aromatic nitrogens is 3. The fourth-order valence-electron chi connectivity index (χ4n) is 7.77. The van der Waals surface area contributed by atoms with Gasteiger partial charge in [-0.1, -0.05) is 115 Å². The quantitative estimate of drug-likeness (QED) is 0.185. The third-order valence-electron chi connectivity index (χ3n) is 10.1. The van der Waals surface area contributed by atoms with E-state index in [9.17, 15) is 0 Å². The predicted molar refractivity (Wildman–Crippen MR) is 218 cm³/mol. The Kier molecular flexibility index (Phi) is 6.29. The van der Waals surface area contributed by atoms with Crippen LogP contribution >= 0.6 is 22.7 Å². The summed E-state index contributed by atoms with van der Waals surface area (Å²) in [5, 5.41) is 7.62. The van der Waals surface area contributed by atoms with Gasteiger partial charge in [-0.15, -0.1) is 22.7 Å². The van der Waals surface area contributed by atoms with E-state index in [2.05, 4.69) is 156 Å². The van der Waals surface area contributed by atoms with Crippen LogP contribution in [0.4, 0.5) is 0 Å². The molecular weight excluding hydrogens is 659 g/mol. The highest BCUT2D eigenvalue weighted by Crippen LogP contribution is 2.43. The van der Waals surface area contributed by atoms with E-state index in [0.717, 1.165) is 22.3 Å². The molecule has 51 heavy (non-hydrogen) atoms. The summed E-state index contributed by atoms with van der Waals surface area (Å²) in [6.07, 6.45) is 1.88. The Morgan fingerprint density at radius 3 is 1.71 bits per heavy atom. The summed E-state index contributed by atoms with van der Waals surface area (Å²) in [6, 6.07) is 56.9. The summed E-state index contributed by atoms with van der Waals surface area (Å²) in [4.78, 5) is 10.1. The Bertz CT molecular complexity index is 3160. The van der Waals surface area contributed by atoms with Crippen molar-refractivity contribution in [2.24, 2.45) is 0 Å². The molecule has 238 valence electrons. The van der Waals surface area contributed by atoms with E-state index in [1.165, 1.54) is 73.4 Å². The molecule has 0 atom stereocenters. The smallest absolute Gasteiger partial charge is 0.235 e. The molecule has 4 heterocycles. The summed E-state index contributed by atoms with van der Waals surface area (Å²) < 4.78 is 7.47. The van der Waals surface area contributed by atoms with Crippen LogP contribution in [0, 0.1) is 0 Å². The summed E-state index contributed by atoms with van der Waals surface area (Å²) in [6.45, 7) is 0.